The van der Waals surface area contributed by atoms with Crippen LogP contribution in [0.1, 0.15) is 32.3 Å². The highest BCUT2D eigenvalue weighted by Crippen LogP contribution is 2.54. The molecule has 1 aliphatic carbocycles. The van der Waals surface area contributed by atoms with Gasteiger partial charge >= 0.3 is 5.97 Å². The van der Waals surface area contributed by atoms with E-state index < -0.39 is 20.6 Å². The minimum atomic E-state index is -3.85. The Morgan fingerprint density at radius 3 is 2.00 bits per heavy atom. The summed E-state index contributed by atoms with van der Waals surface area (Å²) in [5.41, 5.74) is 0.702. The number of benzene rings is 1. The van der Waals surface area contributed by atoms with Crippen LogP contribution in [-0.4, -0.2) is 24.2 Å². The van der Waals surface area contributed by atoms with Crippen LogP contribution in [0.25, 0.3) is 0 Å². The van der Waals surface area contributed by atoms with E-state index in [-0.39, 0.29) is 23.2 Å². The van der Waals surface area contributed by atoms with Crippen LogP contribution in [0.3, 0.4) is 0 Å². The molecule has 0 bridgehead atoms. The van der Waals surface area contributed by atoms with Crippen molar-refractivity contribution in [1.82, 2.24) is 0 Å². The Morgan fingerprint density at radius 1 is 1.16 bits per heavy atom. The fourth-order valence-electron chi connectivity index (χ4n) is 2.89. The van der Waals surface area contributed by atoms with E-state index in [4.69, 9.17) is 0 Å². The first-order valence-electron chi connectivity index (χ1n) is 6.15. The van der Waals surface area contributed by atoms with Crippen LogP contribution in [0.2, 0.25) is 0 Å². The lowest BCUT2D eigenvalue weighted by Gasteiger charge is -2.49. The summed E-state index contributed by atoms with van der Waals surface area (Å²) < 4.78 is 23.5. The molecule has 2 rings (SSSR count). The van der Waals surface area contributed by atoms with Crippen molar-refractivity contribution in [3.63, 3.8) is 0 Å². The number of hydrogen-bond donors (Lipinski definition) is 1. The van der Waals surface area contributed by atoms with Crippen molar-refractivity contribution in [2.45, 2.75) is 43.3 Å². The molecule has 1 aromatic carbocycles. The third-order valence-corrected chi connectivity index (χ3v) is 6.15. The van der Waals surface area contributed by atoms with Gasteiger partial charge in [0.2, 0.25) is 0 Å². The van der Waals surface area contributed by atoms with Gasteiger partial charge in [0, 0.05) is 0 Å². The van der Waals surface area contributed by atoms with E-state index in [0.29, 0.717) is 0 Å². The molecule has 104 valence electrons. The molecule has 0 unspecified atom stereocenters. The standard InChI is InChI=1S/C14H18O4S/c1-10-4-6-11(7-5-10)19(17,18)14(12(15)16)8-13(2,3)9-14/h4-7H,8-9H2,1-3H3,(H,15,16). The molecule has 0 atom stereocenters. The Balaban J connectivity index is 2.49. The van der Waals surface area contributed by atoms with Gasteiger partial charge in [-0.1, -0.05) is 31.5 Å². The number of carboxylic acid groups (broad SMARTS) is 1. The third kappa shape index (κ3) is 2.06. The molecule has 4 nitrogen and oxygen atoms in total. The molecule has 1 N–H and O–H groups in total. The monoisotopic (exact) mass is 282 g/mol. The first-order valence-corrected chi connectivity index (χ1v) is 7.64. The highest BCUT2D eigenvalue weighted by Gasteiger charge is 2.63. The number of carbonyl (C=O) groups is 1. The lowest BCUT2D eigenvalue weighted by Crippen LogP contribution is -2.59. The smallest absolute Gasteiger partial charge is 0.325 e. The van der Waals surface area contributed by atoms with Gasteiger partial charge in [0.25, 0.3) is 0 Å². The maximum atomic E-state index is 12.6. The summed E-state index contributed by atoms with van der Waals surface area (Å²) in [5.74, 6) is -1.24. The zero-order valence-corrected chi connectivity index (χ0v) is 12.1. The normalized spacial score (nSPS) is 20.6. The van der Waals surface area contributed by atoms with Crippen molar-refractivity contribution in [2.24, 2.45) is 5.41 Å². The summed E-state index contributed by atoms with van der Waals surface area (Å²) in [6.07, 6.45) is 0.317. The second-order valence-electron chi connectivity index (χ2n) is 6.13. The largest absolute Gasteiger partial charge is 0.480 e. The predicted molar refractivity (Wildman–Crippen MR) is 71.7 cm³/mol. The highest BCUT2D eigenvalue weighted by atomic mass is 32.2. The van der Waals surface area contributed by atoms with Crippen LogP contribution >= 0.6 is 0 Å². The van der Waals surface area contributed by atoms with Gasteiger partial charge in [-0.05, 0) is 37.3 Å². The molecule has 0 saturated heterocycles. The van der Waals surface area contributed by atoms with Crippen molar-refractivity contribution in [1.29, 1.82) is 0 Å². The lowest BCUT2D eigenvalue weighted by atomic mass is 9.64. The Kier molecular flexibility index (Phi) is 3.01. The molecule has 5 heteroatoms. The molecule has 0 amide bonds. The van der Waals surface area contributed by atoms with Gasteiger partial charge in [0.05, 0.1) is 4.90 Å². The van der Waals surface area contributed by atoms with Crippen LogP contribution in [0.4, 0.5) is 0 Å². The molecule has 0 radical (unpaired) electrons. The van der Waals surface area contributed by atoms with E-state index in [1.165, 1.54) is 12.1 Å². The predicted octanol–water partition coefficient (Wildman–Crippen LogP) is 2.41. The molecule has 1 aromatic rings. The minimum absolute atomic E-state index is 0.0935. The van der Waals surface area contributed by atoms with Crippen molar-refractivity contribution in [3.05, 3.63) is 29.8 Å². The summed E-state index contributed by atoms with van der Waals surface area (Å²) in [5, 5.41) is 9.39. The molecule has 0 aromatic heterocycles. The minimum Gasteiger partial charge on any atom is -0.480 e. The topological polar surface area (TPSA) is 71.4 Å². The molecule has 1 fully saturated rings. The third-order valence-electron chi connectivity index (χ3n) is 3.76. The highest BCUT2D eigenvalue weighted by molar-refractivity contribution is 7.93. The fourth-order valence-corrected chi connectivity index (χ4v) is 5.23. The first-order chi connectivity index (χ1) is 8.61. The second-order valence-corrected chi connectivity index (χ2v) is 8.39. The Morgan fingerprint density at radius 2 is 1.63 bits per heavy atom. The quantitative estimate of drug-likeness (QED) is 0.924. The van der Waals surface area contributed by atoms with Gasteiger partial charge < -0.3 is 5.11 Å². The summed E-state index contributed by atoms with van der Waals surface area (Å²) in [6, 6.07) is 6.35. The molecule has 1 aliphatic rings. The van der Waals surface area contributed by atoms with Crippen molar-refractivity contribution in [3.8, 4) is 0 Å². The van der Waals surface area contributed by atoms with Crippen LogP contribution in [-0.2, 0) is 14.6 Å². The Hall–Kier alpha value is -1.36. The summed E-state index contributed by atoms with van der Waals surface area (Å²) in [7, 11) is -3.85. The summed E-state index contributed by atoms with van der Waals surface area (Å²) in [4.78, 5) is 11.6. The van der Waals surface area contributed by atoms with Crippen LogP contribution in [0.5, 0.6) is 0 Å². The molecular formula is C14H18O4S. The maximum absolute atomic E-state index is 12.6. The van der Waals surface area contributed by atoms with E-state index >= 15 is 0 Å². The molecular weight excluding hydrogens is 264 g/mol. The van der Waals surface area contributed by atoms with E-state index in [2.05, 4.69) is 0 Å². The number of aliphatic carboxylic acids is 1. The molecule has 0 spiro atoms. The Bertz CT molecular complexity index is 603. The number of rotatable bonds is 3. The first kappa shape index (κ1) is 14.1. The zero-order valence-electron chi connectivity index (χ0n) is 11.3. The van der Waals surface area contributed by atoms with E-state index in [9.17, 15) is 18.3 Å². The number of aryl methyl sites for hydroxylation is 1. The van der Waals surface area contributed by atoms with Crippen LogP contribution in [0.15, 0.2) is 29.2 Å². The fraction of sp³-hybridized carbons (Fsp3) is 0.500. The van der Waals surface area contributed by atoms with Gasteiger partial charge in [-0.3, -0.25) is 4.79 Å². The SMILES string of the molecule is Cc1ccc(S(=O)(=O)C2(C(=O)O)CC(C)(C)C2)cc1. The molecule has 0 aliphatic heterocycles. The van der Waals surface area contributed by atoms with Gasteiger partial charge in [-0.15, -0.1) is 0 Å². The lowest BCUT2D eigenvalue weighted by molar-refractivity contribution is -0.146. The van der Waals surface area contributed by atoms with Gasteiger partial charge in [0.1, 0.15) is 0 Å². The Labute approximate surface area is 113 Å². The van der Waals surface area contributed by atoms with Gasteiger partial charge in [0.15, 0.2) is 14.6 Å². The number of hydrogen-bond acceptors (Lipinski definition) is 3. The van der Waals surface area contributed by atoms with E-state index in [1.807, 2.05) is 20.8 Å². The van der Waals surface area contributed by atoms with Crippen molar-refractivity contribution >= 4 is 15.8 Å². The van der Waals surface area contributed by atoms with E-state index in [0.717, 1.165) is 5.56 Å². The molecule has 19 heavy (non-hydrogen) atoms. The van der Waals surface area contributed by atoms with Crippen LogP contribution in [0, 0.1) is 12.3 Å². The molecule has 0 heterocycles. The summed E-state index contributed by atoms with van der Waals surface area (Å²) in [6.45, 7) is 5.63. The number of carboxylic acids is 1. The average molecular weight is 282 g/mol. The van der Waals surface area contributed by atoms with E-state index in [1.54, 1.807) is 12.1 Å². The molecule has 1 saturated carbocycles. The average Bonchev–Trinajstić information content (AvgIpc) is 2.25. The van der Waals surface area contributed by atoms with Crippen molar-refractivity contribution < 1.29 is 18.3 Å². The number of sulfone groups is 1. The van der Waals surface area contributed by atoms with Crippen molar-refractivity contribution in [2.75, 3.05) is 0 Å². The second kappa shape index (κ2) is 4.07. The van der Waals surface area contributed by atoms with Crippen LogP contribution < -0.4 is 0 Å². The van der Waals surface area contributed by atoms with Gasteiger partial charge in [-0.2, -0.15) is 0 Å². The maximum Gasteiger partial charge on any atom is 0.325 e. The van der Waals surface area contributed by atoms with Gasteiger partial charge in [-0.25, -0.2) is 8.42 Å². The summed E-state index contributed by atoms with van der Waals surface area (Å²) >= 11 is 0. The zero-order chi connectivity index (χ0) is 14.5.